The Morgan fingerprint density at radius 1 is 0.667 bits per heavy atom. The fourth-order valence-corrected chi connectivity index (χ4v) is 2.71. The highest BCUT2D eigenvalue weighted by Gasteiger charge is 2.06. The lowest BCUT2D eigenvalue weighted by atomic mass is 9.94. The van der Waals surface area contributed by atoms with E-state index in [1.54, 1.807) is 12.1 Å². The van der Waals surface area contributed by atoms with E-state index in [2.05, 4.69) is 49.4 Å². The Morgan fingerprint density at radius 2 is 1.38 bits per heavy atom. The van der Waals surface area contributed by atoms with E-state index in [1.165, 1.54) is 22.3 Å². The first-order valence-corrected chi connectivity index (χ1v) is 7.10. The van der Waals surface area contributed by atoms with Gasteiger partial charge in [-0.15, -0.1) is 0 Å². The Morgan fingerprint density at radius 3 is 2.10 bits per heavy atom. The quantitative estimate of drug-likeness (QED) is 0.668. The summed E-state index contributed by atoms with van der Waals surface area (Å²) in [7, 11) is 0. The van der Waals surface area contributed by atoms with Gasteiger partial charge in [-0.25, -0.2) is 0 Å². The van der Waals surface area contributed by atoms with Gasteiger partial charge in [-0.3, -0.25) is 0 Å². The molecule has 0 aliphatic rings. The van der Waals surface area contributed by atoms with E-state index < -0.39 is 0 Å². The molecule has 0 fully saturated rings. The molecule has 3 rings (SSSR count). The molecule has 0 spiro atoms. The molecule has 1 nitrogen and oxygen atoms in total. The van der Waals surface area contributed by atoms with E-state index in [4.69, 9.17) is 0 Å². The molecule has 0 radical (unpaired) electrons. The van der Waals surface area contributed by atoms with E-state index in [1.807, 2.05) is 19.1 Å². The van der Waals surface area contributed by atoms with Crippen molar-refractivity contribution < 1.29 is 5.11 Å². The monoisotopic (exact) mass is 274 g/mol. The molecule has 3 aromatic rings. The van der Waals surface area contributed by atoms with Crippen molar-refractivity contribution >= 4 is 0 Å². The van der Waals surface area contributed by atoms with Crippen molar-refractivity contribution in [2.24, 2.45) is 0 Å². The summed E-state index contributed by atoms with van der Waals surface area (Å²) in [4.78, 5) is 0. The molecule has 0 unspecified atom stereocenters. The van der Waals surface area contributed by atoms with Gasteiger partial charge in [-0.2, -0.15) is 0 Å². The summed E-state index contributed by atoms with van der Waals surface area (Å²) in [5, 5.41) is 9.57. The van der Waals surface area contributed by atoms with Gasteiger partial charge in [-0.1, -0.05) is 48.5 Å². The van der Waals surface area contributed by atoms with Crippen LogP contribution in [0.3, 0.4) is 0 Å². The van der Waals surface area contributed by atoms with Gasteiger partial charge in [0, 0.05) is 0 Å². The first-order chi connectivity index (χ1) is 10.1. The predicted molar refractivity (Wildman–Crippen MR) is 88.5 cm³/mol. The van der Waals surface area contributed by atoms with Gasteiger partial charge in [0.05, 0.1) is 0 Å². The van der Waals surface area contributed by atoms with Crippen molar-refractivity contribution in [3.63, 3.8) is 0 Å². The number of phenolic OH excluding ortho intramolecular Hbond substituents is 1. The van der Waals surface area contributed by atoms with Crippen molar-refractivity contribution in [2.75, 3.05) is 0 Å². The molecule has 21 heavy (non-hydrogen) atoms. The van der Waals surface area contributed by atoms with Gasteiger partial charge in [-0.05, 0) is 65.4 Å². The van der Waals surface area contributed by atoms with Gasteiger partial charge in [0.1, 0.15) is 5.75 Å². The summed E-state index contributed by atoms with van der Waals surface area (Å²) in [5.41, 5.74) is 7.11. The lowest BCUT2D eigenvalue weighted by molar-refractivity contribution is 0.475. The lowest BCUT2D eigenvalue weighted by Crippen LogP contribution is -1.87. The van der Waals surface area contributed by atoms with Crippen molar-refractivity contribution in [2.45, 2.75) is 13.8 Å². The van der Waals surface area contributed by atoms with Crippen molar-refractivity contribution in [1.82, 2.24) is 0 Å². The second kappa shape index (κ2) is 5.45. The fourth-order valence-electron chi connectivity index (χ4n) is 2.71. The molecule has 0 saturated heterocycles. The highest BCUT2D eigenvalue weighted by molar-refractivity contribution is 5.76. The molecular weight excluding hydrogens is 256 g/mol. The van der Waals surface area contributed by atoms with Gasteiger partial charge in [0.15, 0.2) is 0 Å². The van der Waals surface area contributed by atoms with E-state index in [0.717, 1.165) is 11.1 Å². The normalized spacial score (nSPS) is 10.6. The molecule has 0 heterocycles. The maximum Gasteiger partial charge on any atom is 0.115 e. The SMILES string of the molecule is Cc1cc(-c2ccccc2)cc(-c2ccc(O)cc2C)c1. The molecule has 3 aromatic carbocycles. The molecule has 1 heteroatoms. The summed E-state index contributed by atoms with van der Waals surface area (Å²) in [6, 6.07) is 22.5. The molecule has 104 valence electrons. The van der Waals surface area contributed by atoms with Gasteiger partial charge < -0.3 is 5.11 Å². The Hall–Kier alpha value is -2.54. The molecule has 1 N–H and O–H groups in total. The van der Waals surface area contributed by atoms with Crippen LogP contribution in [0.15, 0.2) is 66.7 Å². The zero-order chi connectivity index (χ0) is 14.8. The maximum absolute atomic E-state index is 9.57. The third-order valence-electron chi connectivity index (χ3n) is 3.71. The summed E-state index contributed by atoms with van der Waals surface area (Å²) in [6.45, 7) is 4.14. The Labute approximate surface area is 125 Å². The molecule has 0 amide bonds. The standard InChI is InChI=1S/C20H18O/c1-14-10-17(16-6-4-3-5-7-16)13-18(11-14)20-9-8-19(21)12-15(20)2/h3-13,21H,1-2H3. The molecule has 0 aliphatic heterocycles. The third kappa shape index (κ3) is 2.82. The molecular formula is C20H18O. The average molecular weight is 274 g/mol. The van der Waals surface area contributed by atoms with Crippen molar-refractivity contribution in [3.8, 4) is 28.0 Å². The van der Waals surface area contributed by atoms with Crippen LogP contribution < -0.4 is 0 Å². The molecule has 0 saturated carbocycles. The topological polar surface area (TPSA) is 20.2 Å². The van der Waals surface area contributed by atoms with E-state index in [9.17, 15) is 5.11 Å². The minimum Gasteiger partial charge on any atom is -0.508 e. The number of rotatable bonds is 2. The lowest BCUT2D eigenvalue weighted by Gasteiger charge is -2.11. The highest BCUT2D eigenvalue weighted by atomic mass is 16.3. The Bertz CT molecular complexity index is 773. The zero-order valence-electron chi connectivity index (χ0n) is 12.3. The average Bonchev–Trinajstić information content (AvgIpc) is 2.47. The molecule has 0 atom stereocenters. The second-order valence-electron chi connectivity index (χ2n) is 5.45. The van der Waals surface area contributed by atoms with E-state index in [-0.39, 0.29) is 0 Å². The maximum atomic E-state index is 9.57. The van der Waals surface area contributed by atoms with Crippen LogP contribution >= 0.6 is 0 Å². The number of benzene rings is 3. The van der Waals surface area contributed by atoms with Crippen LogP contribution in [0.2, 0.25) is 0 Å². The number of phenols is 1. The van der Waals surface area contributed by atoms with Gasteiger partial charge in [0.2, 0.25) is 0 Å². The van der Waals surface area contributed by atoms with Gasteiger partial charge in [0.25, 0.3) is 0 Å². The van der Waals surface area contributed by atoms with Crippen molar-refractivity contribution in [3.05, 3.63) is 77.9 Å². The Balaban J connectivity index is 2.14. The fraction of sp³-hybridized carbons (Fsp3) is 0.100. The van der Waals surface area contributed by atoms with Crippen LogP contribution in [0, 0.1) is 13.8 Å². The number of aromatic hydroxyl groups is 1. The van der Waals surface area contributed by atoms with E-state index >= 15 is 0 Å². The minimum absolute atomic E-state index is 0.312. The smallest absolute Gasteiger partial charge is 0.115 e. The largest absolute Gasteiger partial charge is 0.508 e. The van der Waals surface area contributed by atoms with Crippen LogP contribution in [0.1, 0.15) is 11.1 Å². The molecule has 0 aromatic heterocycles. The first-order valence-electron chi connectivity index (χ1n) is 7.10. The second-order valence-corrected chi connectivity index (χ2v) is 5.45. The van der Waals surface area contributed by atoms with Gasteiger partial charge >= 0.3 is 0 Å². The number of hydrogen-bond donors (Lipinski definition) is 1. The third-order valence-corrected chi connectivity index (χ3v) is 3.71. The van der Waals surface area contributed by atoms with Crippen LogP contribution in [0.25, 0.3) is 22.3 Å². The number of aryl methyl sites for hydroxylation is 2. The molecule has 0 bridgehead atoms. The molecule has 0 aliphatic carbocycles. The van der Waals surface area contributed by atoms with Crippen LogP contribution in [0.4, 0.5) is 0 Å². The summed E-state index contributed by atoms with van der Waals surface area (Å²) in [6.07, 6.45) is 0. The summed E-state index contributed by atoms with van der Waals surface area (Å²) in [5.74, 6) is 0.312. The Kier molecular flexibility index (Phi) is 3.49. The number of hydrogen-bond acceptors (Lipinski definition) is 1. The van der Waals surface area contributed by atoms with E-state index in [0.29, 0.717) is 5.75 Å². The summed E-state index contributed by atoms with van der Waals surface area (Å²) >= 11 is 0. The highest BCUT2D eigenvalue weighted by Crippen LogP contribution is 2.31. The first kappa shape index (κ1) is 13.4. The summed E-state index contributed by atoms with van der Waals surface area (Å²) < 4.78 is 0. The minimum atomic E-state index is 0.312. The van der Waals surface area contributed by atoms with Crippen molar-refractivity contribution in [1.29, 1.82) is 0 Å². The van der Waals surface area contributed by atoms with Crippen LogP contribution in [-0.4, -0.2) is 5.11 Å². The predicted octanol–water partition coefficient (Wildman–Crippen LogP) is 5.34. The van der Waals surface area contributed by atoms with Crippen LogP contribution in [-0.2, 0) is 0 Å². The zero-order valence-corrected chi connectivity index (χ0v) is 12.3. The van der Waals surface area contributed by atoms with Crippen LogP contribution in [0.5, 0.6) is 5.75 Å².